The summed E-state index contributed by atoms with van der Waals surface area (Å²) in [7, 11) is 0. The molecule has 3 saturated heterocycles. The predicted octanol–water partition coefficient (Wildman–Crippen LogP) is 1.55. The van der Waals surface area contributed by atoms with E-state index in [4.69, 9.17) is 18.9 Å². The van der Waals surface area contributed by atoms with Crippen LogP contribution in [0.1, 0.15) is 59.8 Å². The van der Waals surface area contributed by atoms with Gasteiger partial charge in [-0.1, -0.05) is 20.3 Å². The van der Waals surface area contributed by atoms with E-state index < -0.39 is 52.5 Å². The number of aliphatic hydroxyl groups excluding tert-OH is 1. The van der Waals surface area contributed by atoms with Gasteiger partial charge in [-0.05, 0) is 37.0 Å². The monoisotopic (exact) mass is 450 g/mol. The molecule has 8 nitrogen and oxygen atoms in total. The molecule has 2 N–H and O–H groups in total. The second-order valence-corrected chi connectivity index (χ2v) is 11.9. The van der Waals surface area contributed by atoms with Gasteiger partial charge in [0.1, 0.15) is 11.7 Å². The van der Waals surface area contributed by atoms with Crippen LogP contribution in [0.15, 0.2) is 0 Å². The van der Waals surface area contributed by atoms with Gasteiger partial charge in [0.05, 0.1) is 24.7 Å². The van der Waals surface area contributed by atoms with Crippen molar-refractivity contribution in [3.05, 3.63) is 0 Å². The molecule has 7 rings (SSSR count). The van der Waals surface area contributed by atoms with Crippen molar-refractivity contribution in [1.82, 2.24) is 0 Å². The first-order valence-corrected chi connectivity index (χ1v) is 12.0. The second-order valence-electron chi connectivity index (χ2n) is 11.9. The van der Waals surface area contributed by atoms with Crippen molar-refractivity contribution < 1.29 is 38.7 Å². The van der Waals surface area contributed by atoms with Crippen LogP contribution >= 0.6 is 0 Å². The van der Waals surface area contributed by atoms with Crippen LogP contribution in [-0.4, -0.2) is 65.1 Å². The van der Waals surface area contributed by atoms with Gasteiger partial charge in [-0.25, -0.2) is 0 Å². The van der Waals surface area contributed by atoms with E-state index in [1.807, 2.05) is 0 Å². The number of carbonyl (C=O) groups is 2. The topological polar surface area (TPSA) is 115 Å². The number of esters is 2. The summed E-state index contributed by atoms with van der Waals surface area (Å²) in [4.78, 5) is 24.6. The molecular formula is C24H34O8. The normalized spacial score (nSPS) is 56.3. The van der Waals surface area contributed by atoms with Crippen molar-refractivity contribution in [3.8, 4) is 0 Å². The Hall–Kier alpha value is -1.22. The number of ether oxygens (including phenoxy) is 4. The van der Waals surface area contributed by atoms with Crippen LogP contribution in [0, 0.1) is 34.0 Å². The molecule has 3 heterocycles. The highest BCUT2D eigenvalue weighted by Crippen LogP contribution is 2.80. The van der Waals surface area contributed by atoms with Gasteiger partial charge in [0, 0.05) is 31.1 Å². The summed E-state index contributed by atoms with van der Waals surface area (Å²) in [5, 5.41) is 24.3. The van der Waals surface area contributed by atoms with Gasteiger partial charge in [-0.3, -0.25) is 9.59 Å². The lowest BCUT2D eigenvalue weighted by Gasteiger charge is -2.75. The highest BCUT2D eigenvalue weighted by atomic mass is 16.7. The van der Waals surface area contributed by atoms with Crippen molar-refractivity contribution >= 4 is 11.9 Å². The number of epoxide rings is 1. The average Bonchev–Trinajstić information content (AvgIpc) is 3.47. The van der Waals surface area contributed by atoms with Gasteiger partial charge in [0.25, 0.3) is 0 Å². The van der Waals surface area contributed by atoms with Crippen LogP contribution in [0.5, 0.6) is 0 Å². The third kappa shape index (κ3) is 2.10. The van der Waals surface area contributed by atoms with Crippen LogP contribution in [0.3, 0.4) is 0 Å². The summed E-state index contributed by atoms with van der Waals surface area (Å²) < 4.78 is 24.1. The van der Waals surface area contributed by atoms with Gasteiger partial charge in [-0.2, -0.15) is 0 Å². The Bertz CT molecular complexity index is 881. The molecular weight excluding hydrogens is 416 g/mol. The average molecular weight is 451 g/mol. The van der Waals surface area contributed by atoms with Gasteiger partial charge in [0.15, 0.2) is 6.10 Å². The third-order valence-electron chi connectivity index (χ3n) is 10.3. The zero-order valence-corrected chi connectivity index (χ0v) is 19.3. The van der Waals surface area contributed by atoms with E-state index in [-0.39, 0.29) is 23.2 Å². The molecule has 0 aromatic heterocycles. The van der Waals surface area contributed by atoms with Crippen molar-refractivity contribution in [2.45, 2.75) is 89.5 Å². The van der Waals surface area contributed by atoms with Crippen molar-refractivity contribution in [2.75, 3.05) is 13.2 Å². The number of rotatable bonds is 2. The van der Waals surface area contributed by atoms with Gasteiger partial charge < -0.3 is 29.2 Å². The fourth-order valence-corrected chi connectivity index (χ4v) is 9.53. The van der Waals surface area contributed by atoms with Gasteiger partial charge >= 0.3 is 11.9 Å². The van der Waals surface area contributed by atoms with E-state index in [9.17, 15) is 19.8 Å². The maximum absolute atomic E-state index is 12.5. The molecule has 32 heavy (non-hydrogen) atoms. The Morgan fingerprint density at radius 1 is 1.00 bits per heavy atom. The molecule has 7 fully saturated rings. The Morgan fingerprint density at radius 2 is 1.69 bits per heavy atom. The quantitative estimate of drug-likeness (QED) is 0.481. The molecule has 3 aliphatic heterocycles. The van der Waals surface area contributed by atoms with Crippen LogP contribution in [0.25, 0.3) is 0 Å². The Morgan fingerprint density at radius 3 is 2.31 bits per heavy atom. The Kier molecular flexibility index (Phi) is 4.04. The van der Waals surface area contributed by atoms with Crippen LogP contribution < -0.4 is 0 Å². The second kappa shape index (κ2) is 6.06. The van der Waals surface area contributed by atoms with Gasteiger partial charge in [-0.15, -0.1) is 0 Å². The summed E-state index contributed by atoms with van der Waals surface area (Å²) in [6.45, 7) is 7.76. The summed E-state index contributed by atoms with van der Waals surface area (Å²) in [6.07, 6.45) is 1.54. The number of aliphatic hydroxyl groups is 2. The molecule has 10 atom stereocenters. The van der Waals surface area contributed by atoms with Crippen molar-refractivity contribution in [2.24, 2.45) is 34.0 Å². The first kappa shape index (κ1) is 21.3. The minimum Gasteiger partial charge on any atom is -0.458 e. The van der Waals surface area contributed by atoms with E-state index in [1.54, 1.807) is 0 Å². The van der Waals surface area contributed by atoms with Crippen LogP contribution in [-0.2, 0) is 28.5 Å². The van der Waals surface area contributed by atoms with Crippen molar-refractivity contribution in [1.29, 1.82) is 0 Å². The lowest BCUT2D eigenvalue weighted by Crippen LogP contribution is -2.84. The van der Waals surface area contributed by atoms with Crippen LogP contribution in [0.2, 0.25) is 0 Å². The molecule has 8 heteroatoms. The van der Waals surface area contributed by atoms with E-state index in [0.717, 1.165) is 32.1 Å². The molecule has 0 aromatic rings. The van der Waals surface area contributed by atoms with E-state index in [0.29, 0.717) is 13.2 Å². The lowest BCUT2D eigenvalue weighted by molar-refractivity contribution is -0.468. The molecule has 3 spiro atoms. The SMILES string of the molecule is CC(=O)O[C@@H]1[C@@]2(CO2)[C@@H]2CC[C@H]3[C@]45CCCC(C)(C)[C@H]4[C@H](OC(C)=O)[C@@](O)(OC5)[C@]13[C@@H]2O. The molecule has 0 unspecified atom stereocenters. The minimum absolute atomic E-state index is 0.125. The first-order chi connectivity index (χ1) is 15.0. The maximum Gasteiger partial charge on any atom is 0.303 e. The fraction of sp³-hybridized carbons (Fsp3) is 0.917. The minimum atomic E-state index is -1.97. The molecule has 178 valence electrons. The number of hydrogen-bond acceptors (Lipinski definition) is 8. The molecule has 4 saturated carbocycles. The highest BCUT2D eigenvalue weighted by Gasteiger charge is 2.92. The maximum atomic E-state index is 12.5. The standard InChI is InChI=1S/C24H34O8/c1-12(25)31-18-16-20(3,4)8-5-9-21(16)10-30-24(18,28)23-15(21)7-6-14(17(23)27)22(11-29-22)19(23)32-13(2)26/h14-19,27-28H,5-11H2,1-4H3/t14-,15+,16-,17-,18+,19-,21-,22-,23-,24-/m1/s1. The summed E-state index contributed by atoms with van der Waals surface area (Å²) in [6, 6.07) is 0. The molecule has 4 bridgehead atoms. The third-order valence-corrected chi connectivity index (χ3v) is 10.3. The highest BCUT2D eigenvalue weighted by molar-refractivity contribution is 5.67. The molecule has 7 aliphatic rings. The zero-order chi connectivity index (χ0) is 22.9. The largest absolute Gasteiger partial charge is 0.458 e. The van der Waals surface area contributed by atoms with E-state index in [2.05, 4.69) is 13.8 Å². The fourth-order valence-electron chi connectivity index (χ4n) is 9.53. The van der Waals surface area contributed by atoms with Gasteiger partial charge in [0.2, 0.25) is 5.79 Å². The molecule has 0 aromatic carbocycles. The smallest absolute Gasteiger partial charge is 0.303 e. The van der Waals surface area contributed by atoms with E-state index >= 15 is 0 Å². The number of fused-ring (bicyclic) bond motifs is 3. The van der Waals surface area contributed by atoms with Crippen molar-refractivity contribution in [3.63, 3.8) is 0 Å². The lowest BCUT2D eigenvalue weighted by atomic mass is 9.36. The Balaban J connectivity index is 1.62. The first-order valence-electron chi connectivity index (χ1n) is 12.0. The van der Waals surface area contributed by atoms with Crippen LogP contribution in [0.4, 0.5) is 0 Å². The predicted molar refractivity (Wildman–Crippen MR) is 109 cm³/mol. The zero-order valence-electron chi connectivity index (χ0n) is 19.3. The number of carbonyl (C=O) groups excluding carboxylic acids is 2. The molecule has 0 radical (unpaired) electrons. The summed E-state index contributed by atoms with van der Waals surface area (Å²) >= 11 is 0. The summed E-state index contributed by atoms with van der Waals surface area (Å²) in [5.41, 5.74) is -2.70. The Labute approximate surface area is 187 Å². The molecule has 4 aliphatic carbocycles. The molecule has 0 amide bonds. The summed E-state index contributed by atoms with van der Waals surface area (Å²) in [5.74, 6) is -3.47. The number of hydrogen-bond donors (Lipinski definition) is 2. The van der Waals surface area contributed by atoms with E-state index in [1.165, 1.54) is 13.8 Å².